The fraction of sp³-hybridized carbons (Fsp3) is 0.600. The fourth-order valence-electron chi connectivity index (χ4n) is 1.88. The molecule has 4 heteroatoms. The summed E-state index contributed by atoms with van der Waals surface area (Å²) >= 11 is 0. The van der Waals surface area contributed by atoms with Crippen molar-refractivity contribution in [1.82, 2.24) is 0 Å². The van der Waals surface area contributed by atoms with Crippen molar-refractivity contribution in [3.05, 3.63) is 29.8 Å². The Morgan fingerprint density at radius 2 is 1.74 bits per heavy atom. The van der Waals surface area contributed by atoms with Crippen LogP contribution >= 0.6 is 0 Å². The van der Waals surface area contributed by atoms with Gasteiger partial charge in [0, 0.05) is 0 Å². The topological polar surface area (TPSA) is 43.4 Å². The second kappa shape index (κ2) is 7.65. The summed E-state index contributed by atoms with van der Waals surface area (Å²) in [6.45, 7) is 6.02. The summed E-state index contributed by atoms with van der Waals surface area (Å²) in [5.74, 6) is 0. The molecule has 1 atom stereocenters. The van der Waals surface area contributed by atoms with Crippen LogP contribution in [-0.4, -0.2) is 14.5 Å². The van der Waals surface area contributed by atoms with E-state index >= 15 is 0 Å². The molecular formula is C15H24O3S. The van der Waals surface area contributed by atoms with Crippen LogP contribution in [0.4, 0.5) is 0 Å². The van der Waals surface area contributed by atoms with E-state index in [1.165, 1.54) is 0 Å². The van der Waals surface area contributed by atoms with Gasteiger partial charge in [-0.15, -0.1) is 0 Å². The lowest BCUT2D eigenvalue weighted by molar-refractivity contribution is 0.190. The van der Waals surface area contributed by atoms with Gasteiger partial charge >= 0.3 is 0 Å². The Hall–Kier alpha value is -0.870. The maximum atomic E-state index is 12.1. The van der Waals surface area contributed by atoms with E-state index in [0.717, 1.165) is 37.7 Å². The van der Waals surface area contributed by atoms with Gasteiger partial charge in [-0.25, -0.2) is 0 Å². The van der Waals surface area contributed by atoms with E-state index in [1.54, 1.807) is 24.3 Å². The quantitative estimate of drug-likeness (QED) is 0.534. The van der Waals surface area contributed by atoms with Crippen LogP contribution in [0, 0.1) is 6.92 Å². The predicted molar refractivity (Wildman–Crippen MR) is 77.7 cm³/mol. The lowest BCUT2D eigenvalue weighted by Crippen LogP contribution is -2.18. The molecular weight excluding hydrogens is 260 g/mol. The van der Waals surface area contributed by atoms with Crippen LogP contribution in [0.2, 0.25) is 0 Å². The monoisotopic (exact) mass is 284 g/mol. The zero-order chi connectivity index (χ0) is 14.3. The van der Waals surface area contributed by atoms with Crippen molar-refractivity contribution in [3.8, 4) is 0 Å². The standard InChI is InChI=1S/C15H24O3S/c1-4-6-7-8-14(5-2)18-19(16,17)15-11-9-13(3)10-12-15/h9-12,14H,4-8H2,1-3H3/t14-/m0/s1. The van der Waals surface area contributed by atoms with Gasteiger partial charge < -0.3 is 0 Å². The minimum Gasteiger partial charge on any atom is -0.263 e. The molecule has 0 aliphatic heterocycles. The predicted octanol–water partition coefficient (Wildman–Crippen LogP) is 4.06. The van der Waals surface area contributed by atoms with Gasteiger partial charge in [0.25, 0.3) is 10.1 Å². The lowest BCUT2D eigenvalue weighted by Gasteiger charge is -2.15. The Labute approximate surface area is 117 Å². The van der Waals surface area contributed by atoms with Crippen molar-refractivity contribution < 1.29 is 12.6 Å². The molecule has 19 heavy (non-hydrogen) atoms. The molecule has 0 heterocycles. The molecule has 0 radical (unpaired) electrons. The normalized spacial score (nSPS) is 13.4. The van der Waals surface area contributed by atoms with Crippen molar-refractivity contribution in [2.24, 2.45) is 0 Å². The molecule has 3 nitrogen and oxygen atoms in total. The van der Waals surface area contributed by atoms with E-state index in [1.807, 2.05) is 13.8 Å². The van der Waals surface area contributed by atoms with Gasteiger partial charge in [-0.2, -0.15) is 8.42 Å². The van der Waals surface area contributed by atoms with Crippen molar-refractivity contribution in [3.63, 3.8) is 0 Å². The average molecular weight is 284 g/mol. The largest absolute Gasteiger partial charge is 0.297 e. The summed E-state index contributed by atoms with van der Waals surface area (Å²) in [6, 6.07) is 6.77. The van der Waals surface area contributed by atoms with Gasteiger partial charge in [0.05, 0.1) is 11.0 Å². The SMILES string of the molecule is CCCCC[C@H](CC)OS(=O)(=O)c1ccc(C)cc1. The zero-order valence-corrected chi connectivity index (χ0v) is 12.9. The Morgan fingerprint density at radius 3 is 2.26 bits per heavy atom. The van der Waals surface area contributed by atoms with Gasteiger partial charge in [0.15, 0.2) is 0 Å². The minimum absolute atomic E-state index is 0.210. The number of benzene rings is 1. The smallest absolute Gasteiger partial charge is 0.263 e. The van der Waals surface area contributed by atoms with Gasteiger partial charge in [-0.3, -0.25) is 4.18 Å². The highest BCUT2D eigenvalue weighted by Crippen LogP contribution is 2.19. The van der Waals surface area contributed by atoms with Gasteiger partial charge in [0.2, 0.25) is 0 Å². The van der Waals surface area contributed by atoms with Crippen molar-refractivity contribution >= 4 is 10.1 Å². The average Bonchev–Trinajstić information content (AvgIpc) is 2.38. The minimum atomic E-state index is -3.63. The summed E-state index contributed by atoms with van der Waals surface area (Å²) in [5, 5.41) is 0. The second-order valence-corrected chi connectivity index (χ2v) is 6.46. The first kappa shape index (κ1) is 16.2. The second-order valence-electron chi connectivity index (χ2n) is 4.89. The van der Waals surface area contributed by atoms with Crippen molar-refractivity contribution in [1.29, 1.82) is 0 Å². The van der Waals surface area contributed by atoms with Crippen molar-refractivity contribution in [2.45, 2.75) is 63.9 Å². The Bertz CT molecular complexity index is 463. The molecule has 0 amide bonds. The number of aryl methyl sites for hydroxylation is 1. The van der Waals surface area contributed by atoms with Crippen molar-refractivity contribution in [2.75, 3.05) is 0 Å². The van der Waals surface area contributed by atoms with E-state index in [0.29, 0.717) is 0 Å². The highest BCUT2D eigenvalue weighted by Gasteiger charge is 2.20. The van der Waals surface area contributed by atoms with Crippen LogP contribution in [-0.2, 0) is 14.3 Å². The molecule has 1 rings (SSSR count). The molecule has 0 fully saturated rings. The van der Waals surface area contributed by atoms with Gasteiger partial charge in [0.1, 0.15) is 0 Å². The van der Waals surface area contributed by atoms with Crippen LogP contribution in [0.3, 0.4) is 0 Å². The molecule has 0 aromatic heterocycles. The molecule has 0 saturated carbocycles. The molecule has 0 saturated heterocycles. The highest BCUT2D eigenvalue weighted by atomic mass is 32.2. The van der Waals surface area contributed by atoms with E-state index in [2.05, 4.69) is 6.92 Å². The molecule has 108 valence electrons. The maximum absolute atomic E-state index is 12.1. The van der Waals surface area contributed by atoms with Crippen LogP contribution in [0.5, 0.6) is 0 Å². The van der Waals surface area contributed by atoms with Gasteiger partial charge in [-0.1, -0.05) is 50.8 Å². The first-order chi connectivity index (χ1) is 8.99. The molecule has 0 aliphatic carbocycles. The number of hydrogen-bond donors (Lipinski definition) is 0. The van der Waals surface area contributed by atoms with Crippen LogP contribution in [0.15, 0.2) is 29.2 Å². The zero-order valence-electron chi connectivity index (χ0n) is 12.1. The van der Waals surface area contributed by atoms with E-state index in [4.69, 9.17) is 4.18 Å². The third kappa shape index (κ3) is 5.33. The van der Waals surface area contributed by atoms with Crippen LogP contribution in [0.25, 0.3) is 0 Å². The summed E-state index contributed by atoms with van der Waals surface area (Å²) in [4.78, 5) is 0.243. The molecule has 0 N–H and O–H groups in total. The molecule has 0 unspecified atom stereocenters. The van der Waals surface area contributed by atoms with Crippen LogP contribution < -0.4 is 0 Å². The number of unbranched alkanes of at least 4 members (excludes halogenated alkanes) is 2. The molecule has 1 aromatic rings. The summed E-state index contributed by atoms with van der Waals surface area (Å²) < 4.78 is 29.6. The Balaban J connectivity index is 2.69. The van der Waals surface area contributed by atoms with E-state index in [9.17, 15) is 8.42 Å². The summed E-state index contributed by atoms with van der Waals surface area (Å²) in [7, 11) is -3.63. The molecule has 0 bridgehead atoms. The van der Waals surface area contributed by atoms with E-state index in [-0.39, 0.29) is 11.0 Å². The number of hydrogen-bond acceptors (Lipinski definition) is 3. The van der Waals surface area contributed by atoms with Gasteiger partial charge in [-0.05, 0) is 31.9 Å². The highest BCUT2D eigenvalue weighted by molar-refractivity contribution is 7.86. The molecule has 1 aromatic carbocycles. The molecule has 0 spiro atoms. The van der Waals surface area contributed by atoms with Crippen LogP contribution in [0.1, 0.15) is 51.5 Å². The maximum Gasteiger partial charge on any atom is 0.297 e. The first-order valence-corrected chi connectivity index (χ1v) is 8.40. The molecule has 0 aliphatic rings. The third-order valence-electron chi connectivity index (χ3n) is 3.16. The van der Waals surface area contributed by atoms with E-state index < -0.39 is 10.1 Å². The Morgan fingerprint density at radius 1 is 1.11 bits per heavy atom. The summed E-state index contributed by atoms with van der Waals surface area (Å²) in [5.41, 5.74) is 1.04. The number of rotatable bonds is 8. The Kier molecular flexibility index (Phi) is 6.52. The fourth-order valence-corrected chi connectivity index (χ4v) is 3.05. The third-order valence-corrected chi connectivity index (χ3v) is 4.53. The first-order valence-electron chi connectivity index (χ1n) is 6.99. The summed E-state index contributed by atoms with van der Waals surface area (Å²) in [6.07, 6.45) is 4.56. The lowest BCUT2D eigenvalue weighted by atomic mass is 10.1.